The van der Waals surface area contributed by atoms with Crippen LogP contribution in [0.25, 0.3) is 5.57 Å². The summed E-state index contributed by atoms with van der Waals surface area (Å²) in [6.07, 6.45) is 1.01. The van der Waals surface area contributed by atoms with Gasteiger partial charge in [0.1, 0.15) is 5.57 Å². The standard InChI is InChI=1S/C18H17ClN2O2S/c1-3-24-13-7-8-21-14(10-13)15-16(22)17(23-18(15)20-2)11-5-4-6-12(19)9-11/h4-10,17,20H,3H2,1-2H3/t17-/m0/s1. The number of carbonyl (C=O) groups is 1. The van der Waals surface area contributed by atoms with Crippen LogP contribution in [0.15, 0.2) is 53.4 Å². The van der Waals surface area contributed by atoms with Gasteiger partial charge < -0.3 is 10.1 Å². The largest absolute Gasteiger partial charge is 0.462 e. The van der Waals surface area contributed by atoms with Crippen molar-refractivity contribution in [2.45, 2.75) is 17.9 Å². The Hall–Kier alpha value is -1.98. The van der Waals surface area contributed by atoms with E-state index in [0.29, 0.717) is 22.2 Å². The average molecular weight is 361 g/mol. The van der Waals surface area contributed by atoms with Gasteiger partial charge in [-0.3, -0.25) is 9.78 Å². The first kappa shape index (κ1) is 16.9. The highest BCUT2D eigenvalue weighted by Gasteiger charge is 2.37. The van der Waals surface area contributed by atoms with Gasteiger partial charge in [-0.25, -0.2) is 0 Å². The number of rotatable bonds is 5. The van der Waals surface area contributed by atoms with Crippen LogP contribution in [0.3, 0.4) is 0 Å². The highest BCUT2D eigenvalue weighted by molar-refractivity contribution is 7.99. The molecular formula is C18H17ClN2O2S. The molecule has 0 aliphatic carbocycles. The zero-order valence-corrected chi connectivity index (χ0v) is 14.9. The van der Waals surface area contributed by atoms with Crippen molar-refractivity contribution in [3.05, 3.63) is 64.8 Å². The molecule has 1 aromatic carbocycles. The Morgan fingerprint density at radius 1 is 1.33 bits per heavy atom. The smallest absolute Gasteiger partial charge is 0.215 e. The summed E-state index contributed by atoms with van der Waals surface area (Å²) in [7, 11) is 1.73. The lowest BCUT2D eigenvalue weighted by atomic mass is 10.00. The van der Waals surface area contributed by atoms with E-state index in [9.17, 15) is 4.79 Å². The average Bonchev–Trinajstić information content (AvgIpc) is 2.92. The van der Waals surface area contributed by atoms with Gasteiger partial charge in [0, 0.05) is 28.7 Å². The minimum absolute atomic E-state index is 0.118. The van der Waals surface area contributed by atoms with Crippen LogP contribution in [0, 0.1) is 0 Å². The fraction of sp³-hybridized carbons (Fsp3) is 0.222. The summed E-state index contributed by atoms with van der Waals surface area (Å²) in [6.45, 7) is 2.09. The summed E-state index contributed by atoms with van der Waals surface area (Å²) in [5.74, 6) is 1.28. The lowest BCUT2D eigenvalue weighted by Gasteiger charge is -2.11. The molecule has 0 bridgehead atoms. The second-order valence-electron chi connectivity index (χ2n) is 5.18. The number of ether oxygens (including phenoxy) is 1. The summed E-state index contributed by atoms with van der Waals surface area (Å²) in [4.78, 5) is 18.4. The first-order valence-electron chi connectivity index (χ1n) is 7.61. The molecule has 4 nitrogen and oxygen atoms in total. The van der Waals surface area contributed by atoms with Gasteiger partial charge in [-0.1, -0.05) is 30.7 Å². The lowest BCUT2D eigenvalue weighted by molar-refractivity contribution is -0.120. The molecule has 1 aromatic heterocycles. The van der Waals surface area contributed by atoms with E-state index in [2.05, 4.69) is 17.2 Å². The van der Waals surface area contributed by atoms with Crippen molar-refractivity contribution >= 4 is 34.7 Å². The van der Waals surface area contributed by atoms with Gasteiger partial charge in [0.05, 0.1) is 5.69 Å². The number of Topliss-reactive ketones (excluding diaryl/α,β-unsaturated/α-hetero) is 1. The third kappa shape index (κ3) is 3.28. The van der Waals surface area contributed by atoms with E-state index in [4.69, 9.17) is 16.3 Å². The summed E-state index contributed by atoms with van der Waals surface area (Å²) in [6, 6.07) is 11.0. The normalized spacial score (nSPS) is 17.1. The Morgan fingerprint density at radius 2 is 2.17 bits per heavy atom. The van der Waals surface area contributed by atoms with E-state index in [-0.39, 0.29) is 5.78 Å². The molecule has 0 fully saturated rings. The molecule has 1 atom stereocenters. The van der Waals surface area contributed by atoms with Crippen molar-refractivity contribution in [2.75, 3.05) is 12.8 Å². The monoisotopic (exact) mass is 360 g/mol. The number of aromatic nitrogens is 1. The molecular weight excluding hydrogens is 344 g/mol. The predicted octanol–water partition coefficient (Wildman–Crippen LogP) is 4.08. The first-order chi connectivity index (χ1) is 11.6. The molecule has 1 aliphatic heterocycles. The van der Waals surface area contributed by atoms with Gasteiger partial charge in [0.2, 0.25) is 11.7 Å². The lowest BCUT2D eigenvalue weighted by Crippen LogP contribution is -2.10. The Labute approximate surface area is 150 Å². The Morgan fingerprint density at radius 3 is 2.88 bits per heavy atom. The van der Waals surface area contributed by atoms with E-state index in [1.54, 1.807) is 37.1 Å². The third-order valence-electron chi connectivity index (χ3n) is 3.62. The molecule has 0 radical (unpaired) electrons. The number of halogens is 1. The Bertz CT molecular complexity index is 807. The van der Waals surface area contributed by atoms with E-state index >= 15 is 0 Å². The number of benzene rings is 1. The topological polar surface area (TPSA) is 51.2 Å². The number of hydrogen-bond donors (Lipinski definition) is 1. The molecule has 1 N–H and O–H groups in total. The number of thioether (sulfide) groups is 1. The van der Waals surface area contributed by atoms with Crippen LogP contribution < -0.4 is 5.32 Å². The highest BCUT2D eigenvalue weighted by atomic mass is 35.5. The minimum atomic E-state index is -0.703. The Kier molecular flexibility index (Phi) is 5.11. The maximum Gasteiger partial charge on any atom is 0.215 e. The van der Waals surface area contributed by atoms with Gasteiger partial charge in [-0.05, 0) is 30.0 Å². The molecule has 0 saturated heterocycles. The van der Waals surface area contributed by atoms with Crippen LogP contribution in [0.4, 0.5) is 0 Å². The van der Waals surface area contributed by atoms with Crippen LogP contribution >= 0.6 is 23.4 Å². The molecule has 0 spiro atoms. The molecule has 1 aliphatic rings. The molecule has 0 saturated carbocycles. The fourth-order valence-electron chi connectivity index (χ4n) is 2.59. The van der Waals surface area contributed by atoms with E-state index < -0.39 is 6.10 Å². The summed E-state index contributed by atoms with van der Waals surface area (Å²) < 4.78 is 5.84. The SMILES string of the molecule is CCSc1ccnc(C2=C(NC)O[C@@H](c3cccc(Cl)c3)C2=O)c1. The second-order valence-corrected chi connectivity index (χ2v) is 6.95. The molecule has 124 valence electrons. The number of pyridine rings is 1. The van der Waals surface area contributed by atoms with E-state index in [1.807, 2.05) is 24.3 Å². The number of nitrogens with zero attached hydrogens (tertiary/aromatic N) is 1. The molecule has 3 rings (SSSR count). The highest BCUT2D eigenvalue weighted by Crippen LogP contribution is 2.37. The van der Waals surface area contributed by atoms with Crippen molar-refractivity contribution in [1.82, 2.24) is 10.3 Å². The van der Waals surface area contributed by atoms with Crippen molar-refractivity contribution in [3.63, 3.8) is 0 Å². The number of ketones is 1. The zero-order chi connectivity index (χ0) is 17.1. The summed E-state index contributed by atoms with van der Waals surface area (Å²) in [5, 5.41) is 3.54. The number of hydrogen-bond acceptors (Lipinski definition) is 5. The van der Waals surface area contributed by atoms with E-state index in [0.717, 1.165) is 16.2 Å². The van der Waals surface area contributed by atoms with Crippen LogP contribution in [-0.4, -0.2) is 23.6 Å². The van der Waals surface area contributed by atoms with Crippen LogP contribution in [0.1, 0.15) is 24.3 Å². The first-order valence-corrected chi connectivity index (χ1v) is 8.98. The summed E-state index contributed by atoms with van der Waals surface area (Å²) >= 11 is 7.74. The summed E-state index contributed by atoms with van der Waals surface area (Å²) in [5.41, 5.74) is 1.82. The van der Waals surface area contributed by atoms with Gasteiger partial charge in [-0.2, -0.15) is 0 Å². The van der Waals surface area contributed by atoms with Crippen molar-refractivity contribution in [2.24, 2.45) is 0 Å². The van der Waals surface area contributed by atoms with Crippen LogP contribution in [0.2, 0.25) is 5.02 Å². The maximum absolute atomic E-state index is 12.9. The molecule has 24 heavy (non-hydrogen) atoms. The van der Waals surface area contributed by atoms with Gasteiger partial charge in [0.25, 0.3) is 0 Å². The van der Waals surface area contributed by atoms with Gasteiger partial charge in [-0.15, -0.1) is 11.8 Å². The third-order valence-corrected chi connectivity index (χ3v) is 4.74. The van der Waals surface area contributed by atoms with Crippen molar-refractivity contribution in [3.8, 4) is 0 Å². The molecule has 0 unspecified atom stereocenters. The van der Waals surface area contributed by atoms with Crippen molar-refractivity contribution < 1.29 is 9.53 Å². The molecule has 0 amide bonds. The molecule has 2 heterocycles. The van der Waals surface area contributed by atoms with Crippen LogP contribution in [-0.2, 0) is 9.53 Å². The molecule has 2 aromatic rings. The molecule has 6 heteroatoms. The number of nitrogens with one attached hydrogen (secondary N) is 1. The van der Waals surface area contributed by atoms with Gasteiger partial charge in [0.15, 0.2) is 6.10 Å². The fourth-order valence-corrected chi connectivity index (χ4v) is 3.48. The number of carbonyl (C=O) groups excluding carboxylic acids is 1. The van der Waals surface area contributed by atoms with Crippen LogP contribution in [0.5, 0.6) is 0 Å². The predicted molar refractivity (Wildman–Crippen MR) is 96.9 cm³/mol. The van der Waals surface area contributed by atoms with E-state index in [1.165, 1.54) is 0 Å². The minimum Gasteiger partial charge on any atom is -0.462 e. The maximum atomic E-state index is 12.9. The van der Waals surface area contributed by atoms with Gasteiger partial charge >= 0.3 is 0 Å². The second kappa shape index (κ2) is 7.28. The Balaban J connectivity index is 1.97. The zero-order valence-electron chi connectivity index (χ0n) is 13.4. The quantitative estimate of drug-likeness (QED) is 0.814. The van der Waals surface area contributed by atoms with Crippen molar-refractivity contribution in [1.29, 1.82) is 0 Å².